The van der Waals surface area contributed by atoms with Crippen LogP contribution in [0.5, 0.6) is 0 Å². The van der Waals surface area contributed by atoms with Gasteiger partial charge in [-0.05, 0) is 13.0 Å². The van der Waals surface area contributed by atoms with Crippen LogP contribution in [-0.2, 0) is 9.59 Å². The fourth-order valence-corrected chi connectivity index (χ4v) is 2.37. The summed E-state index contributed by atoms with van der Waals surface area (Å²) in [6, 6.07) is 0. The number of nitrogens with zero attached hydrogens (tertiary/aromatic N) is 2. The summed E-state index contributed by atoms with van der Waals surface area (Å²) in [4.78, 5) is 26.9. The molecule has 2 aliphatic rings. The van der Waals surface area contributed by atoms with E-state index in [1.807, 2.05) is 4.90 Å². The van der Waals surface area contributed by atoms with E-state index in [1.165, 1.54) is 0 Å². The normalized spacial score (nSPS) is 24.4. The van der Waals surface area contributed by atoms with Crippen molar-refractivity contribution in [2.45, 2.75) is 13.3 Å². The summed E-state index contributed by atoms with van der Waals surface area (Å²) in [5.41, 5.74) is 0. The van der Waals surface area contributed by atoms with Crippen LogP contribution in [0.25, 0.3) is 0 Å². The predicted octanol–water partition coefficient (Wildman–Crippen LogP) is -0.292. The molecule has 1 N–H and O–H groups in total. The molecule has 2 saturated heterocycles. The Bertz CT molecular complexity index is 284. The molecular weight excluding hydrogens is 242 g/mol. The van der Waals surface area contributed by atoms with E-state index in [-0.39, 0.29) is 30.1 Å². The molecule has 1 atom stereocenters. The first-order chi connectivity index (χ1) is 7.68. The van der Waals surface area contributed by atoms with Crippen molar-refractivity contribution in [1.29, 1.82) is 0 Å². The maximum absolute atomic E-state index is 12.1. The molecule has 0 aromatic carbocycles. The number of hydrogen-bond acceptors (Lipinski definition) is 3. The number of rotatable bonds is 1. The minimum absolute atomic E-state index is 0. The van der Waals surface area contributed by atoms with Gasteiger partial charge in [0.05, 0.1) is 5.92 Å². The van der Waals surface area contributed by atoms with Gasteiger partial charge in [-0.2, -0.15) is 0 Å². The third-order valence-electron chi connectivity index (χ3n) is 3.45. The number of nitrogens with one attached hydrogen (secondary N) is 1. The van der Waals surface area contributed by atoms with Crippen molar-refractivity contribution in [3.63, 3.8) is 0 Å². The van der Waals surface area contributed by atoms with E-state index in [0.717, 1.165) is 19.5 Å². The van der Waals surface area contributed by atoms with Gasteiger partial charge in [-0.15, -0.1) is 12.4 Å². The minimum atomic E-state index is 0. The number of carbonyl (C=O) groups is 2. The largest absolute Gasteiger partial charge is 0.339 e. The molecule has 98 valence electrons. The molecule has 2 aliphatic heterocycles. The number of carbonyl (C=O) groups excluding carboxylic acids is 2. The lowest BCUT2D eigenvalue weighted by atomic mass is 10.1. The topological polar surface area (TPSA) is 52.7 Å². The van der Waals surface area contributed by atoms with Crippen molar-refractivity contribution in [3.8, 4) is 0 Å². The Morgan fingerprint density at radius 2 is 1.71 bits per heavy atom. The van der Waals surface area contributed by atoms with E-state index < -0.39 is 0 Å². The lowest BCUT2D eigenvalue weighted by Crippen LogP contribution is -2.51. The third kappa shape index (κ3) is 3.33. The van der Waals surface area contributed by atoms with E-state index >= 15 is 0 Å². The van der Waals surface area contributed by atoms with Crippen LogP contribution in [0.15, 0.2) is 0 Å². The van der Waals surface area contributed by atoms with Gasteiger partial charge in [-0.1, -0.05) is 0 Å². The van der Waals surface area contributed by atoms with Crippen molar-refractivity contribution in [2.75, 3.05) is 39.3 Å². The van der Waals surface area contributed by atoms with Crippen molar-refractivity contribution >= 4 is 24.2 Å². The van der Waals surface area contributed by atoms with Gasteiger partial charge in [0.25, 0.3) is 0 Å². The molecule has 0 aromatic heterocycles. The van der Waals surface area contributed by atoms with E-state index in [9.17, 15) is 9.59 Å². The Hall–Kier alpha value is -0.810. The summed E-state index contributed by atoms with van der Waals surface area (Å²) in [6.07, 6.45) is 0.950. The fourth-order valence-electron chi connectivity index (χ4n) is 2.37. The maximum Gasteiger partial charge on any atom is 0.227 e. The predicted molar refractivity (Wildman–Crippen MR) is 67.1 cm³/mol. The summed E-state index contributed by atoms with van der Waals surface area (Å²) in [6.45, 7) is 6.08. The summed E-state index contributed by atoms with van der Waals surface area (Å²) in [5, 5.41) is 3.21. The van der Waals surface area contributed by atoms with Crippen LogP contribution < -0.4 is 5.32 Å². The fraction of sp³-hybridized carbons (Fsp3) is 0.818. The van der Waals surface area contributed by atoms with Gasteiger partial charge in [0.15, 0.2) is 0 Å². The zero-order valence-corrected chi connectivity index (χ0v) is 11.0. The highest BCUT2D eigenvalue weighted by Crippen LogP contribution is 2.13. The number of halogens is 1. The van der Waals surface area contributed by atoms with Gasteiger partial charge in [0.2, 0.25) is 11.8 Å². The molecule has 2 fully saturated rings. The standard InChI is InChI=1S/C11H19N3O2.ClH/c1-9(15)13-4-6-14(7-5-13)11(16)10-2-3-12-8-10;/h10,12H,2-8H2,1H3;1H. The molecule has 2 heterocycles. The van der Waals surface area contributed by atoms with Gasteiger partial charge in [-0.25, -0.2) is 0 Å². The monoisotopic (exact) mass is 261 g/mol. The van der Waals surface area contributed by atoms with Crippen molar-refractivity contribution in [1.82, 2.24) is 15.1 Å². The molecule has 2 amide bonds. The molecule has 0 saturated carbocycles. The van der Waals surface area contributed by atoms with E-state index in [0.29, 0.717) is 26.2 Å². The Kier molecular flexibility index (Phi) is 5.21. The average Bonchev–Trinajstić information content (AvgIpc) is 2.81. The van der Waals surface area contributed by atoms with Crippen LogP contribution in [0.3, 0.4) is 0 Å². The first-order valence-electron chi connectivity index (χ1n) is 5.93. The Morgan fingerprint density at radius 3 is 2.18 bits per heavy atom. The summed E-state index contributed by atoms with van der Waals surface area (Å²) in [7, 11) is 0. The summed E-state index contributed by atoms with van der Waals surface area (Å²) in [5.74, 6) is 0.520. The molecule has 0 aromatic rings. The van der Waals surface area contributed by atoms with Crippen LogP contribution in [0.2, 0.25) is 0 Å². The van der Waals surface area contributed by atoms with E-state index in [2.05, 4.69) is 5.32 Å². The van der Waals surface area contributed by atoms with Crippen LogP contribution in [0.1, 0.15) is 13.3 Å². The van der Waals surface area contributed by atoms with Gasteiger partial charge in [0.1, 0.15) is 0 Å². The molecule has 0 radical (unpaired) electrons. The SMILES string of the molecule is CC(=O)N1CCN(C(=O)C2CCNC2)CC1.Cl. The number of hydrogen-bond donors (Lipinski definition) is 1. The Labute approximate surface area is 108 Å². The second kappa shape index (κ2) is 6.21. The van der Waals surface area contributed by atoms with Gasteiger partial charge in [0, 0.05) is 39.6 Å². The van der Waals surface area contributed by atoms with E-state index in [1.54, 1.807) is 11.8 Å². The molecular formula is C11H20ClN3O2. The number of amides is 2. The molecule has 0 aliphatic carbocycles. The van der Waals surface area contributed by atoms with Crippen molar-refractivity contribution in [3.05, 3.63) is 0 Å². The van der Waals surface area contributed by atoms with Gasteiger partial charge < -0.3 is 15.1 Å². The second-order valence-corrected chi connectivity index (χ2v) is 4.52. The van der Waals surface area contributed by atoms with Crippen LogP contribution >= 0.6 is 12.4 Å². The molecule has 1 unspecified atom stereocenters. The molecule has 0 bridgehead atoms. The second-order valence-electron chi connectivity index (χ2n) is 4.52. The zero-order chi connectivity index (χ0) is 11.5. The maximum atomic E-state index is 12.1. The first-order valence-corrected chi connectivity index (χ1v) is 5.93. The summed E-state index contributed by atoms with van der Waals surface area (Å²) >= 11 is 0. The molecule has 6 heteroatoms. The van der Waals surface area contributed by atoms with Crippen LogP contribution in [0.4, 0.5) is 0 Å². The lowest BCUT2D eigenvalue weighted by molar-refractivity contribution is -0.140. The van der Waals surface area contributed by atoms with Gasteiger partial charge >= 0.3 is 0 Å². The highest BCUT2D eigenvalue weighted by atomic mass is 35.5. The Morgan fingerprint density at radius 1 is 1.12 bits per heavy atom. The number of piperazine rings is 1. The molecule has 0 spiro atoms. The van der Waals surface area contributed by atoms with Crippen molar-refractivity contribution < 1.29 is 9.59 Å². The third-order valence-corrected chi connectivity index (χ3v) is 3.45. The Balaban J connectivity index is 0.00000144. The summed E-state index contributed by atoms with van der Waals surface area (Å²) < 4.78 is 0. The lowest BCUT2D eigenvalue weighted by Gasteiger charge is -2.35. The molecule has 17 heavy (non-hydrogen) atoms. The zero-order valence-electron chi connectivity index (χ0n) is 10.1. The van der Waals surface area contributed by atoms with Crippen molar-refractivity contribution in [2.24, 2.45) is 5.92 Å². The molecule has 2 rings (SSSR count). The highest BCUT2D eigenvalue weighted by Gasteiger charge is 2.29. The smallest absolute Gasteiger partial charge is 0.227 e. The van der Waals surface area contributed by atoms with E-state index in [4.69, 9.17) is 0 Å². The first kappa shape index (κ1) is 14.3. The van der Waals surface area contributed by atoms with Crippen LogP contribution in [0, 0.1) is 5.92 Å². The van der Waals surface area contributed by atoms with Gasteiger partial charge in [-0.3, -0.25) is 9.59 Å². The average molecular weight is 262 g/mol. The minimum Gasteiger partial charge on any atom is -0.339 e. The highest BCUT2D eigenvalue weighted by molar-refractivity contribution is 5.85. The van der Waals surface area contributed by atoms with Crippen LogP contribution in [-0.4, -0.2) is 60.9 Å². The molecule has 5 nitrogen and oxygen atoms in total. The quantitative estimate of drug-likeness (QED) is 0.706.